The number of ether oxygens (including phenoxy) is 1. The monoisotopic (exact) mass is 357 g/mol. The SMILES string of the molecule is CC(NC(=O)CS(=O)(=O)C(C)(C)C)c1ccc(OCC(=O)O)cc1. The number of carbonyl (C=O) groups is 2. The number of nitrogens with one attached hydrogen (secondary N) is 1. The van der Waals surface area contributed by atoms with Gasteiger partial charge in [-0.2, -0.15) is 0 Å². The molecule has 0 aliphatic heterocycles. The number of carboxylic acids is 1. The van der Waals surface area contributed by atoms with Gasteiger partial charge in [-0.05, 0) is 45.4 Å². The van der Waals surface area contributed by atoms with Crippen LogP contribution in [0.4, 0.5) is 0 Å². The van der Waals surface area contributed by atoms with Crippen molar-refractivity contribution in [1.82, 2.24) is 5.32 Å². The van der Waals surface area contributed by atoms with Crippen molar-refractivity contribution in [2.75, 3.05) is 12.4 Å². The summed E-state index contributed by atoms with van der Waals surface area (Å²) in [5.74, 6) is -1.81. The summed E-state index contributed by atoms with van der Waals surface area (Å²) in [4.78, 5) is 22.4. The Hall–Kier alpha value is -2.09. The fourth-order valence-corrected chi connectivity index (χ4v) is 2.61. The van der Waals surface area contributed by atoms with Crippen LogP contribution in [0.15, 0.2) is 24.3 Å². The maximum atomic E-state index is 12.0. The van der Waals surface area contributed by atoms with Crippen LogP contribution in [0.25, 0.3) is 0 Å². The fraction of sp³-hybridized carbons (Fsp3) is 0.500. The summed E-state index contributed by atoms with van der Waals surface area (Å²) in [6.45, 7) is 5.95. The number of sulfone groups is 1. The Morgan fingerprint density at radius 3 is 2.21 bits per heavy atom. The summed E-state index contributed by atoms with van der Waals surface area (Å²) in [6, 6.07) is 6.15. The van der Waals surface area contributed by atoms with Crippen molar-refractivity contribution in [2.24, 2.45) is 0 Å². The fourth-order valence-electron chi connectivity index (χ4n) is 1.75. The lowest BCUT2D eigenvalue weighted by Crippen LogP contribution is -2.39. The van der Waals surface area contributed by atoms with E-state index in [-0.39, 0.29) is 6.04 Å². The number of carboxylic acid groups (broad SMARTS) is 1. The van der Waals surface area contributed by atoms with Crippen LogP contribution in [0, 0.1) is 0 Å². The number of aliphatic carboxylic acids is 1. The number of hydrogen-bond acceptors (Lipinski definition) is 5. The Kier molecular flexibility index (Phi) is 6.36. The molecule has 0 bridgehead atoms. The minimum Gasteiger partial charge on any atom is -0.482 e. The van der Waals surface area contributed by atoms with Crippen LogP contribution in [-0.2, 0) is 19.4 Å². The van der Waals surface area contributed by atoms with Crippen molar-refractivity contribution in [3.8, 4) is 5.75 Å². The second-order valence-corrected chi connectivity index (χ2v) is 9.16. The van der Waals surface area contributed by atoms with Gasteiger partial charge in [0.15, 0.2) is 16.4 Å². The molecule has 0 saturated carbocycles. The molecule has 0 radical (unpaired) electrons. The van der Waals surface area contributed by atoms with Crippen LogP contribution in [0.2, 0.25) is 0 Å². The number of benzene rings is 1. The largest absolute Gasteiger partial charge is 0.482 e. The van der Waals surface area contributed by atoms with Gasteiger partial charge in [-0.25, -0.2) is 13.2 Å². The third-order valence-electron chi connectivity index (χ3n) is 3.37. The quantitative estimate of drug-likeness (QED) is 0.766. The van der Waals surface area contributed by atoms with Gasteiger partial charge in [0.1, 0.15) is 11.5 Å². The van der Waals surface area contributed by atoms with E-state index in [9.17, 15) is 18.0 Å². The summed E-state index contributed by atoms with van der Waals surface area (Å²) in [6.07, 6.45) is 0. The van der Waals surface area contributed by atoms with Gasteiger partial charge in [0.2, 0.25) is 5.91 Å². The van der Waals surface area contributed by atoms with Crippen molar-refractivity contribution in [1.29, 1.82) is 0 Å². The van der Waals surface area contributed by atoms with E-state index >= 15 is 0 Å². The highest BCUT2D eigenvalue weighted by atomic mass is 32.2. The molecule has 0 saturated heterocycles. The lowest BCUT2D eigenvalue weighted by molar-refractivity contribution is -0.139. The first-order chi connectivity index (χ1) is 10.9. The molecule has 0 heterocycles. The summed E-state index contributed by atoms with van der Waals surface area (Å²) in [7, 11) is -3.53. The first kappa shape index (κ1) is 20.0. The van der Waals surface area contributed by atoms with Gasteiger partial charge in [-0.15, -0.1) is 0 Å². The predicted octanol–water partition coefficient (Wildman–Crippen LogP) is 1.54. The molecule has 0 aliphatic rings. The van der Waals surface area contributed by atoms with Crippen molar-refractivity contribution < 1.29 is 27.9 Å². The van der Waals surface area contributed by atoms with Crippen molar-refractivity contribution >= 4 is 21.7 Å². The molecule has 2 N–H and O–H groups in total. The molecule has 1 atom stereocenters. The molecule has 24 heavy (non-hydrogen) atoms. The molecular weight excluding hydrogens is 334 g/mol. The first-order valence-electron chi connectivity index (χ1n) is 7.38. The van der Waals surface area contributed by atoms with E-state index in [0.29, 0.717) is 5.75 Å². The molecule has 0 fully saturated rings. The average molecular weight is 357 g/mol. The summed E-state index contributed by atoms with van der Waals surface area (Å²) in [5, 5.41) is 11.2. The summed E-state index contributed by atoms with van der Waals surface area (Å²) < 4.78 is 28.1. The van der Waals surface area contributed by atoms with Crippen LogP contribution in [0.3, 0.4) is 0 Å². The Morgan fingerprint density at radius 2 is 1.75 bits per heavy atom. The lowest BCUT2D eigenvalue weighted by atomic mass is 10.1. The van der Waals surface area contributed by atoms with E-state index in [1.165, 1.54) is 0 Å². The van der Waals surface area contributed by atoms with E-state index in [1.54, 1.807) is 52.0 Å². The molecule has 1 rings (SSSR count). The molecule has 1 aromatic carbocycles. The van der Waals surface area contributed by atoms with E-state index in [1.807, 2.05) is 0 Å². The summed E-state index contributed by atoms with van der Waals surface area (Å²) in [5.41, 5.74) is 0.749. The topological polar surface area (TPSA) is 110 Å². The molecule has 1 unspecified atom stereocenters. The third-order valence-corrected chi connectivity index (χ3v) is 5.88. The third kappa shape index (κ3) is 5.84. The molecule has 8 heteroatoms. The van der Waals surface area contributed by atoms with Crippen LogP contribution >= 0.6 is 0 Å². The van der Waals surface area contributed by atoms with E-state index < -0.39 is 38.8 Å². The van der Waals surface area contributed by atoms with E-state index in [0.717, 1.165) is 5.56 Å². The second kappa shape index (κ2) is 7.65. The van der Waals surface area contributed by atoms with Gasteiger partial charge >= 0.3 is 5.97 Å². The van der Waals surface area contributed by atoms with Crippen LogP contribution < -0.4 is 10.1 Å². The van der Waals surface area contributed by atoms with Gasteiger partial charge in [0, 0.05) is 0 Å². The van der Waals surface area contributed by atoms with Crippen LogP contribution in [-0.4, -0.2) is 42.5 Å². The summed E-state index contributed by atoms with van der Waals surface area (Å²) >= 11 is 0. The number of amides is 1. The average Bonchev–Trinajstić information content (AvgIpc) is 2.43. The highest BCUT2D eigenvalue weighted by molar-refractivity contribution is 7.93. The van der Waals surface area contributed by atoms with E-state index in [2.05, 4.69) is 5.32 Å². The molecular formula is C16H23NO6S. The number of hydrogen-bond donors (Lipinski definition) is 2. The Labute approximate surface area is 141 Å². The smallest absolute Gasteiger partial charge is 0.341 e. The highest BCUT2D eigenvalue weighted by Gasteiger charge is 2.31. The number of carbonyl (C=O) groups excluding carboxylic acids is 1. The normalized spacial score (nSPS) is 13.2. The minimum atomic E-state index is -3.53. The zero-order valence-corrected chi connectivity index (χ0v) is 15.0. The van der Waals surface area contributed by atoms with Crippen LogP contribution in [0.5, 0.6) is 5.75 Å². The van der Waals surface area contributed by atoms with Gasteiger partial charge in [0.05, 0.1) is 10.8 Å². The second-order valence-electron chi connectivity index (χ2n) is 6.41. The van der Waals surface area contributed by atoms with Crippen LogP contribution in [0.1, 0.15) is 39.3 Å². The van der Waals surface area contributed by atoms with Gasteiger partial charge in [-0.1, -0.05) is 12.1 Å². The molecule has 7 nitrogen and oxygen atoms in total. The molecule has 1 amide bonds. The van der Waals surface area contributed by atoms with Crippen molar-refractivity contribution in [3.05, 3.63) is 29.8 Å². The Morgan fingerprint density at radius 1 is 1.21 bits per heavy atom. The standard InChI is InChI=1S/C16H23NO6S/c1-11(17-14(18)10-24(21,22)16(2,3)4)12-5-7-13(8-6-12)23-9-15(19)20/h5-8,11H,9-10H2,1-4H3,(H,17,18)(H,19,20). The molecule has 0 aromatic heterocycles. The van der Waals surface area contributed by atoms with Gasteiger partial charge in [-0.3, -0.25) is 4.79 Å². The Bertz CT molecular complexity index is 688. The molecule has 1 aromatic rings. The molecule has 0 aliphatic carbocycles. The van der Waals surface area contributed by atoms with Crippen molar-refractivity contribution in [2.45, 2.75) is 38.5 Å². The molecule has 0 spiro atoms. The minimum absolute atomic E-state index is 0.388. The Balaban J connectivity index is 2.66. The zero-order valence-electron chi connectivity index (χ0n) is 14.2. The van der Waals surface area contributed by atoms with Crippen molar-refractivity contribution in [3.63, 3.8) is 0 Å². The van der Waals surface area contributed by atoms with E-state index in [4.69, 9.17) is 9.84 Å². The molecule has 134 valence electrons. The maximum absolute atomic E-state index is 12.0. The maximum Gasteiger partial charge on any atom is 0.341 e. The highest BCUT2D eigenvalue weighted by Crippen LogP contribution is 2.19. The zero-order chi connectivity index (χ0) is 18.5. The van der Waals surface area contributed by atoms with Gasteiger partial charge in [0.25, 0.3) is 0 Å². The van der Waals surface area contributed by atoms with Gasteiger partial charge < -0.3 is 15.2 Å². The first-order valence-corrected chi connectivity index (χ1v) is 9.04. The number of rotatable bonds is 7. The predicted molar refractivity (Wildman–Crippen MR) is 89.7 cm³/mol. The lowest BCUT2D eigenvalue weighted by Gasteiger charge is -2.20.